The van der Waals surface area contributed by atoms with Gasteiger partial charge in [-0.3, -0.25) is 14.8 Å². The first kappa shape index (κ1) is 17.0. The molecular formula is C21H29N3O. The first-order valence-corrected chi connectivity index (χ1v) is 9.62. The molecule has 1 aromatic heterocycles. The van der Waals surface area contributed by atoms with Gasteiger partial charge in [-0.1, -0.05) is 18.2 Å². The molecule has 4 rings (SSSR count). The number of morpholine rings is 1. The molecule has 2 fully saturated rings. The molecule has 4 heteroatoms. The molecular weight excluding hydrogens is 310 g/mol. The molecule has 4 nitrogen and oxygen atoms in total. The Morgan fingerprint density at radius 1 is 1.16 bits per heavy atom. The lowest BCUT2D eigenvalue weighted by Gasteiger charge is -2.41. The van der Waals surface area contributed by atoms with Crippen molar-refractivity contribution in [3.63, 3.8) is 0 Å². The number of aryl methyl sites for hydroxylation is 1. The molecule has 0 saturated carbocycles. The van der Waals surface area contributed by atoms with Crippen LogP contribution in [0.3, 0.4) is 0 Å². The highest BCUT2D eigenvalue weighted by molar-refractivity contribution is 5.82. The van der Waals surface area contributed by atoms with Crippen molar-refractivity contribution in [3.05, 3.63) is 41.6 Å². The molecule has 2 aliphatic heterocycles. The molecule has 3 heterocycles. The van der Waals surface area contributed by atoms with Crippen LogP contribution in [0.15, 0.2) is 30.3 Å². The Kier molecular flexibility index (Phi) is 5.02. The van der Waals surface area contributed by atoms with Crippen LogP contribution in [0, 0.1) is 6.92 Å². The van der Waals surface area contributed by atoms with Crippen molar-refractivity contribution in [2.75, 3.05) is 32.8 Å². The minimum Gasteiger partial charge on any atom is -0.376 e. The van der Waals surface area contributed by atoms with Gasteiger partial charge in [-0.25, -0.2) is 0 Å². The molecule has 0 spiro atoms. The Labute approximate surface area is 150 Å². The number of benzene rings is 1. The fourth-order valence-electron chi connectivity index (χ4n) is 4.39. The number of para-hydroxylation sites is 1. The number of nitrogens with zero attached hydrogens (tertiary/aromatic N) is 3. The third kappa shape index (κ3) is 3.86. The molecule has 2 aliphatic rings. The Morgan fingerprint density at radius 3 is 2.76 bits per heavy atom. The minimum atomic E-state index is 0.387. The van der Waals surface area contributed by atoms with E-state index >= 15 is 0 Å². The molecule has 2 aromatic rings. The predicted molar refractivity (Wildman–Crippen MR) is 102 cm³/mol. The molecule has 0 N–H and O–H groups in total. The monoisotopic (exact) mass is 339 g/mol. The predicted octanol–water partition coefficient (Wildman–Crippen LogP) is 3.23. The van der Waals surface area contributed by atoms with Gasteiger partial charge in [0, 0.05) is 36.8 Å². The molecule has 1 atom stereocenters. The van der Waals surface area contributed by atoms with Gasteiger partial charge in [-0.2, -0.15) is 0 Å². The largest absolute Gasteiger partial charge is 0.376 e. The number of rotatable bonds is 3. The van der Waals surface area contributed by atoms with Gasteiger partial charge < -0.3 is 4.74 Å². The van der Waals surface area contributed by atoms with Crippen molar-refractivity contribution >= 4 is 10.9 Å². The van der Waals surface area contributed by atoms with Gasteiger partial charge in [-0.05, 0) is 57.5 Å². The Hall–Kier alpha value is -1.49. The van der Waals surface area contributed by atoms with E-state index in [4.69, 9.17) is 4.74 Å². The fraction of sp³-hybridized carbons (Fsp3) is 0.571. The van der Waals surface area contributed by atoms with Crippen LogP contribution in [0.4, 0.5) is 0 Å². The smallest absolute Gasteiger partial charge is 0.0708 e. The van der Waals surface area contributed by atoms with Crippen LogP contribution in [-0.4, -0.2) is 59.7 Å². The second-order valence-corrected chi connectivity index (χ2v) is 7.62. The topological polar surface area (TPSA) is 28.6 Å². The number of hydrogen-bond donors (Lipinski definition) is 0. The van der Waals surface area contributed by atoms with E-state index in [0.29, 0.717) is 6.10 Å². The summed E-state index contributed by atoms with van der Waals surface area (Å²) in [5, 5.41) is 1.30. The van der Waals surface area contributed by atoms with Crippen LogP contribution < -0.4 is 0 Å². The van der Waals surface area contributed by atoms with Crippen molar-refractivity contribution in [3.8, 4) is 0 Å². The Bertz CT molecular complexity index is 724. The van der Waals surface area contributed by atoms with Crippen LogP contribution >= 0.6 is 0 Å². The number of hydrogen-bond acceptors (Lipinski definition) is 4. The summed E-state index contributed by atoms with van der Waals surface area (Å²) in [6, 6.07) is 11.5. The molecule has 25 heavy (non-hydrogen) atoms. The third-order valence-electron chi connectivity index (χ3n) is 5.67. The third-order valence-corrected chi connectivity index (χ3v) is 5.67. The maximum absolute atomic E-state index is 5.69. The van der Waals surface area contributed by atoms with Gasteiger partial charge in [0.1, 0.15) is 0 Å². The van der Waals surface area contributed by atoms with Crippen LogP contribution in [-0.2, 0) is 11.3 Å². The van der Waals surface area contributed by atoms with E-state index in [1.807, 2.05) is 0 Å². The zero-order chi connectivity index (χ0) is 17.2. The summed E-state index contributed by atoms with van der Waals surface area (Å²) in [5.74, 6) is 0. The molecule has 1 unspecified atom stereocenters. The zero-order valence-corrected chi connectivity index (χ0v) is 15.4. The Morgan fingerprint density at radius 2 is 1.96 bits per heavy atom. The average molecular weight is 339 g/mol. The number of likely N-dealkylation sites (tertiary alicyclic amines) is 1. The summed E-state index contributed by atoms with van der Waals surface area (Å²) in [7, 11) is 0. The normalized spacial score (nSPS) is 24.0. The van der Waals surface area contributed by atoms with Crippen LogP contribution in [0.5, 0.6) is 0 Å². The Balaban J connectivity index is 1.41. The molecule has 134 valence electrons. The van der Waals surface area contributed by atoms with Crippen molar-refractivity contribution < 1.29 is 4.74 Å². The van der Waals surface area contributed by atoms with Crippen molar-refractivity contribution in [1.29, 1.82) is 0 Å². The highest BCUT2D eigenvalue weighted by Gasteiger charge is 2.28. The van der Waals surface area contributed by atoms with Gasteiger partial charge >= 0.3 is 0 Å². The van der Waals surface area contributed by atoms with Gasteiger partial charge in [0.2, 0.25) is 0 Å². The number of fused-ring (bicyclic) bond motifs is 1. The summed E-state index contributed by atoms with van der Waals surface area (Å²) >= 11 is 0. The maximum Gasteiger partial charge on any atom is 0.0708 e. The lowest BCUT2D eigenvalue weighted by molar-refractivity contribution is -0.0437. The number of pyridine rings is 1. The number of aromatic nitrogens is 1. The SMILES string of the molecule is Cc1cc(CN2CCC(N3CCOC(C)C3)CC2)c2ccccc2n1. The van der Waals surface area contributed by atoms with Crippen LogP contribution in [0.25, 0.3) is 10.9 Å². The van der Waals surface area contributed by atoms with E-state index in [9.17, 15) is 0 Å². The van der Waals surface area contributed by atoms with Gasteiger partial charge in [0.05, 0.1) is 18.2 Å². The van der Waals surface area contributed by atoms with E-state index < -0.39 is 0 Å². The maximum atomic E-state index is 5.69. The molecule has 0 bridgehead atoms. The summed E-state index contributed by atoms with van der Waals surface area (Å²) in [6.45, 7) is 10.8. The first-order chi connectivity index (χ1) is 12.2. The summed E-state index contributed by atoms with van der Waals surface area (Å²) in [6.07, 6.45) is 2.93. The second-order valence-electron chi connectivity index (χ2n) is 7.62. The molecule has 0 aliphatic carbocycles. The van der Waals surface area contributed by atoms with Gasteiger partial charge in [-0.15, -0.1) is 0 Å². The first-order valence-electron chi connectivity index (χ1n) is 9.62. The molecule has 1 aromatic carbocycles. The average Bonchev–Trinajstić information content (AvgIpc) is 2.62. The van der Waals surface area contributed by atoms with E-state index in [1.54, 1.807) is 0 Å². The van der Waals surface area contributed by atoms with Crippen LogP contribution in [0.2, 0.25) is 0 Å². The quantitative estimate of drug-likeness (QED) is 0.858. The molecule has 0 amide bonds. The standard InChI is InChI=1S/C21H29N3O/c1-16-13-18(20-5-3-4-6-21(20)22-16)15-23-9-7-19(8-10-23)24-11-12-25-17(2)14-24/h3-6,13,17,19H,7-12,14-15H2,1-2H3. The van der Waals surface area contributed by atoms with Crippen molar-refractivity contribution in [2.45, 2.75) is 45.4 Å². The highest BCUT2D eigenvalue weighted by Crippen LogP contribution is 2.24. The van der Waals surface area contributed by atoms with E-state index in [-0.39, 0.29) is 0 Å². The van der Waals surface area contributed by atoms with Crippen LogP contribution in [0.1, 0.15) is 31.0 Å². The molecule has 0 radical (unpaired) electrons. The minimum absolute atomic E-state index is 0.387. The summed E-state index contributed by atoms with van der Waals surface area (Å²) in [5.41, 5.74) is 3.65. The number of piperidine rings is 1. The van der Waals surface area contributed by atoms with E-state index in [2.05, 4.69) is 59.0 Å². The van der Waals surface area contributed by atoms with E-state index in [1.165, 1.54) is 36.9 Å². The summed E-state index contributed by atoms with van der Waals surface area (Å²) < 4.78 is 5.69. The zero-order valence-electron chi connectivity index (χ0n) is 15.4. The van der Waals surface area contributed by atoms with E-state index in [0.717, 1.165) is 43.5 Å². The lowest BCUT2D eigenvalue weighted by Crippen LogP contribution is -2.50. The summed E-state index contributed by atoms with van der Waals surface area (Å²) in [4.78, 5) is 9.94. The van der Waals surface area contributed by atoms with Crippen molar-refractivity contribution in [1.82, 2.24) is 14.8 Å². The van der Waals surface area contributed by atoms with Gasteiger partial charge in [0.15, 0.2) is 0 Å². The molecule has 2 saturated heterocycles. The van der Waals surface area contributed by atoms with Crippen molar-refractivity contribution in [2.24, 2.45) is 0 Å². The highest BCUT2D eigenvalue weighted by atomic mass is 16.5. The van der Waals surface area contributed by atoms with Gasteiger partial charge in [0.25, 0.3) is 0 Å². The lowest BCUT2D eigenvalue weighted by atomic mass is 10.0. The number of ether oxygens (including phenoxy) is 1. The second kappa shape index (κ2) is 7.40. The fourth-order valence-corrected chi connectivity index (χ4v) is 4.39.